The number of hydrogen-bond donors (Lipinski definition) is 1. The van der Waals surface area contributed by atoms with E-state index in [1.54, 1.807) is 4.68 Å². The molecule has 0 unspecified atom stereocenters. The van der Waals surface area contributed by atoms with Gasteiger partial charge in [-0.1, -0.05) is 17.3 Å². The van der Waals surface area contributed by atoms with E-state index in [9.17, 15) is 0 Å². The molecule has 4 nitrogen and oxygen atoms in total. The Kier molecular flexibility index (Phi) is 2.48. The molecule has 0 amide bonds. The molecule has 1 heterocycles. The number of anilines is 1. The third-order valence-corrected chi connectivity index (χ3v) is 2.78. The first-order chi connectivity index (χ1) is 7.09. The Hall–Kier alpha value is -1.36. The van der Waals surface area contributed by atoms with Crippen LogP contribution in [0.3, 0.4) is 0 Å². The van der Waals surface area contributed by atoms with E-state index < -0.39 is 0 Å². The summed E-state index contributed by atoms with van der Waals surface area (Å²) in [5.41, 5.74) is 9.68. The lowest BCUT2D eigenvalue weighted by atomic mass is 10.1. The normalized spacial score (nSPS) is 10.6. The number of benzene rings is 1. The first-order valence-electron chi connectivity index (χ1n) is 4.51. The smallest absolute Gasteiger partial charge is 0.156 e. The summed E-state index contributed by atoms with van der Waals surface area (Å²) in [5.74, 6) is 0. The van der Waals surface area contributed by atoms with Gasteiger partial charge in [0.15, 0.2) is 4.60 Å². The minimum atomic E-state index is 0.709. The molecule has 0 saturated heterocycles. The van der Waals surface area contributed by atoms with Gasteiger partial charge in [0.25, 0.3) is 0 Å². The fraction of sp³-hybridized carbons (Fsp3) is 0.200. The Balaban J connectivity index is 2.64. The van der Waals surface area contributed by atoms with E-state index >= 15 is 0 Å². The van der Waals surface area contributed by atoms with Crippen LogP contribution in [0.5, 0.6) is 0 Å². The molecule has 2 N–H and O–H groups in total. The minimum absolute atomic E-state index is 0.709. The van der Waals surface area contributed by atoms with E-state index in [2.05, 4.69) is 26.2 Å². The summed E-state index contributed by atoms with van der Waals surface area (Å²) in [7, 11) is 1.84. The molecule has 0 radical (unpaired) electrons. The van der Waals surface area contributed by atoms with Gasteiger partial charge in [-0.2, -0.15) is 0 Å². The molecule has 0 saturated carbocycles. The van der Waals surface area contributed by atoms with Crippen molar-refractivity contribution in [1.29, 1.82) is 0 Å². The Morgan fingerprint density at radius 1 is 1.40 bits per heavy atom. The van der Waals surface area contributed by atoms with Crippen molar-refractivity contribution in [3.8, 4) is 11.3 Å². The Morgan fingerprint density at radius 2 is 2.13 bits per heavy atom. The van der Waals surface area contributed by atoms with Crippen molar-refractivity contribution >= 4 is 21.6 Å². The van der Waals surface area contributed by atoms with Crippen LogP contribution in [-0.4, -0.2) is 15.0 Å². The highest BCUT2D eigenvalue weighted by molar-refractivity contribution is 9.10. The van der Waals surface area contributed by atoms with Crippen LogP contribution in [-0.2, 0) is 7.05 Å². The molecule has 1 aromatic heterocycles. The summed E-state index contributed by atoms with van der Waals surface area (Å²) in [6.45, 7) is 2.01. The third-order valence-electron chi connectivity index (χ3n) is 2.25. The number of aryl methyl sites for hydroxylation is 2. The SMILES string of the molecule is Cc1ccc(-c2c(Br)nnn2C)c(N)c1. The molecule has 2 aromatic rings. The summed E-state index contributed by atoms with van der Waals surface area (Å²) in [6.07, 6.45) is 0. The largest absolute Gasteiger partial charge is 0.398 e. The lowest BCUT2D eigenvalue weighted by Gasteiger charge is -2.06. The zero-order valence-electron chi connectivity index (χ0n) is 8.53. The molecule has 78 valence electrons. The molecule has 0 atom stereocenters. The zero-order chi connectivity index (χ0) is 11.0. The highest BCUT2D eigenvalue weighted by atomic mass is 79.9. The molecular weight excluding hydrogens is 256 g/mol. The van der Waals surface area contributed by atoms with Crippen molar-refractivity contribution in [2.75, 3.05) is 5.73 Å². The summed E-state index contributed by atoms with van der Waals surface area (Å²) in [6, 6.07) is 5.94. The number of nitrogens with zero attached hydrogens (tertiary/aromatic N) is 3. The monoisotopic (exact) mass is 266 g/mol. The fourth-order valence-corrected chi connectivity index (χ4v) is 2.06. The van der Waals surface area contributed by atoms with Crippen molar-refractivity contribution in [3.05, 3.63) is 28.4 Å². The van der Waals surface area contributed by atoms with E-state index in [0.29, 0.717) is 4.60 Å². The van der Waals surface area contributed by atoms with E-state index in [0.717, 1.165) is 22.5 Å². The molecule has 0 aliphatic carbocycles. The number of aromatic nitrogens is 3. The highest BCUT2D eigenvalue weighted by Crippen LogP contribution is 2.30. The van der Waals surface area contributed by atoms with Gasteiger partial charge < -0.3 is 5.73 Å². The van der Waals surface area contributed by atoms with Crippen molar-refractivity contribution in [1.82, 2.24) is 15.0 Å². The van der Waals surface area contributed by atoms with Crippen molar-refractivity contribution in [2.45, 2.75) is 6.92 Å². The highest BCUT2D eigenvalue weighted by Gasteiger charge is 2.12. The predicted octanol–water partition coefficient (Wildman–Crippen LogP) is 2.14. The number of halogens is 1. The van der Waals surface area contributed by atoms with Crippen molar-refractivity contribution < 1.29 is 0 Å². The summed E-state index contributed by atoms with van der Waals surface area (Å²) in [5, 5.41) is 7.85. The van der Waals surface area contributed by atoms with Crippen molar-refractivity contribution in [3.63, 3.8) is 0 Å². The van der Waals surface area contributed by atoms with E-state index in [-0.39, 0.29) is 0 Å². The van der Waals surface area contributed by atoms with E-state index in [4.69, 9.17) is 5.73 Å². The lowest BCUT2D eigenvalue weighted by molar-refractivity contribution is 0.720. The average Bonchev–Trinajstić information content (AvgIpc) is 2.48. The van der Waals surface area contributed by atoms with Crippen LogP contribution in [0.2, 0.25) is 0 Å². The quantitative estimate of drug-likeness (QED) is 0.805. The van der Waals surface area contributed by atoms with Gasteiger partial charge in [-0.25, -0.2) is 4.68 Å². The fourth-order valence-electron chi connectivity index (χ4n) is 1.52. The Labute approximate surface area is 96.2 Å². The number of nitrogens with two attached hydrogens (primary N) is 1. The predicted molar refractivity (Wildman–Crippen MR) is 63.3 cm³/mol. The zero-order valence-corrected chi connectivity index (χ0v) is 10.1. The second-order valence-electron chi connectivity index (χ2n) is 3.44. The van der Waals surface area contributed by atoms with Gasteiger partial charge in [-0.15, -0.1) is 5.10 Å². The summed E-state index contributed by atoms with van der Waals surface area (Å²) >= 11 is 3.36. The van der Waals surface area contributed by atoms with Gasteiger partial charge in [-0.3, -0.25) is 0 Å². The first kappa shape index (κ1) is 10.2. The topological polar surface area (TPSA) is 56.7 Å². The molecule has 1 aromatic carbocycles. The summed E-state index contributed by atoms with van der Waals surface area (Å²) in [4.78, 5) is 0. The standard InChI is InChI=1S/C10H11BrN4/c1-6-3-4-7(8(12)5-6)9-10(11)13-14-15(9)2/h3-5H,12H2,1-2H3. The van der Waals surface area contributed by atoms with Crippen LogP contribution in [0.25, 0.3) is 11.3 Å². The Morgan fingerprint density at radius 3 is 2.67 bits per heavy atom. The van der Waals surface area contributed by atoms with Gasteiger partial charge in [-0.05, 0) is 34.5 Å². The van der Waals surface area contributed by atoms with Gasteiger partial charge in [0, 0.05) is 18.3 Å². The van der Waals surface area contributed by atoms with Crippen LogP contribution in [0, 0.1) is 6.92 Å². The third kappa shape index (κ3) is 1.74. The first-order valence-corrected chi connectivity index (χ1v) is 5.30. The molecule has 5 heteroatoms. The molecule has 0 spiro atoms. The maximum absolute atomic E-state index is 5.96. The maximum atomic E-state index is 5.96. The molecule has 0 fully saturated rings. The molecule has 2 rings (SSSR count). The van der Waals surface area contributed by atoms with Crippen LogP contribution in [0.1, 0.15) is 5.56 Å². The second kappa shape index (κ2) is 3.66. The summed E-state index contributed by atoms with van der Waals surface area (Å²) < 4.78 is 2.41. The van der Waals surface area contributed by atoms with Gasteiger partial charge in [0.2, 0.25) is 0 Å². The lowest BCUT2D eigenvalue weighted by Crippen LogP contribution is -1.97. The number of hydrogen-bond acceptors (Lipinski definition) is 3. The molecule has 0 aliphatic heterocycles. The van der Waals surface area contributed by atoms with Gasteiger partial charge in [0.1, 0.15) is 5.69 Å². The van der Waals surface area contributed by atoms with Crippen LogP contribution >= 0.6 is 15.9 Å². The average molecular weight is 267 g/mol. The maximum Gasteiger partial charge on any atom is 0.156 e. The number of rotatable bonds is 1. The molecule has 0 aliphatic rings. The number of nitrogen functional groups attached to an aromatic ring is 1. The molecule has 0 bridgehead atoms. The van der Waals surface area contributed by atoms with Gasteiger partial charge in [0.05, 0.1) is 0 Å². The van der Waals surface area contributed by atoms with Crippen LogP contribution < -0.4 is 5.73 Å². The van der Waals surface area contributed by atoms with E-state index in [1.165, 1.54) is 0 Å². The second-order valence-corrected chi connectivity index (χ2v) is 4.19. The van der Waals surface area contributed by atoms with E-state index in [1.807, 2.05) is 32.2 Å². The van der Waals surface area contributed by atoms with Gasteiger partial charge >= 0.3 is 0 Å². The molecular formula is C10H11BrN4. The van der Waals surface area contributed by atoms with Crippen molar-refractivity contribution in [2.24, 2.45) is 7.05 Å². The Bertz CT molecular complexity index is 485. The molecule has 15 heavy (non-hydrogen) atoms. The van der Waals surface area contributed by atoms with Crippen LogP contribution in [0.4, 0.5) is 5.69 Å². The minimum Gasteiger partial charge on any atom is -0.398 e. The van der Waals surface area contributed by atoms with Crippen LogP contribution in [0.15, 0.2) is 22.8 Å².